The maximum absolute atomic E-state index is 4.48. The van der Waals surface area contributed by atoms with E-state index in [9.17, 15) is 0 Å². The molecule has 2 aromatic carbocycles. The molecule has 0 atom stereocenters. The fourth-order valence-corrected chi connectivity index (χ4v) is 3.03. The second-order valence-corrected chi connectivity index (χ2v) is 5.66. The molecule has 23 heavy (non-hydrogen) atoms. The van der Waals surface area contributed by atoms with Gasteiger partial charge in [0.05, 0.1) is 0 Å². The summed E-state index contributed by atoms with van der Waals surface area (Å²) in [4.78, 5) is 13.3. The van der Waals surface area contributed by atoms with Crippen molar-refractivity contribution < 1.29 is 0 Å². The fourth-order valence-electron chi connectivity index (χ4n) is 3.03. The molecule has 0 bridgehead atoms. The molecule has 0 spiro atoms. The van der Waals surface area contributed by atoms with E-state index in [-0.39, 0.29) is 0 Å². The lowest BCUT2D eigenvalue weighted by molar-refractivity contribution is 0.959. The zero-order valence-electron chi connectivity index (χ0n) is 13.1. The number of benzene rings is 2. The van der Waals surface area contributed by atoms with Crippen molar-refractivity contribution in [2.75, 3.05) is 23.4 Å². The number of hydrogen-bond donors (Lipinski definition) is 0. The normalized spacial score (nSPS) is 13.0. The molecule has 0 N–H and O–H groups in total. The second-order valence-electron chi connectivity index (χ2n) is 5.66. The molecular formula is C19H18N4. The maximum Gasteiger partial charge on any atom is 0.138 e. The van der Waals surface area contributed by atoms with E-state index >= 15 is 0 Å². The van der Waals surface area contributed by atoms with Gasteiger partial charge in [0.1, 0.15) is 18.0 Å². The summed E-state index contributed by atoms with van der Waals surface area (Å²) in [6, 6.07) is 20.8. The summed E-state index contributed by atoms with van der Waals surface area (Å²) in [6.07, 6.45) is 2.70. The summed E-state index contributed by atoms with van der Waals surface area (Å²) in [5.74, 6) is 1.84. The fraction of sp³-hybridized carbons (Fsp3) is 0.158. The molecule has 0 fully saturated rings. The number of fused-ring (bicyclic) bond motifs is 1. The van der Waals surface area contributed by atoms with Gasteiger partial charge in [-0.1, -0.05) is 36.4 Å². The Morgan fingerprint density at radius 2 is 1.74 bits per heavy atom. The average molecular weight is 302 g/mol. The van der Waals surface area contributed by atoms with Crippen molar-refractivity contribution in [1.82, 2.24) is 9.97 Å². The van der Waals surface area contributed by atoms with Gasteiger partial charge in [-0.05, 0) is 30.2 Å². The van der Waals surface area contributed by atoms with Crippen molar-refractivity contribution in [3.63, 3.8) is 0 Å². The first kappa shape index (κ1) is 13.8. The van der Waals surface area contributed by atoms with Gasteiger partial charge in [0.15, 0.2) is 0 Å². The smallest absolute Gasteiger partial charge is 0.138 e. The summed E-state index contributed by atoms with van der Waals surface area (Å²) in [5, 5.41) is 0. The van der Waals surface area contributed by atoms with Crippen LogP contribution >= 0.6 is 0 Å². The zero-order chi connectivity index (χ0) is 15.6. The first-order valence-electron chi connectivity index (χ1n) is 7.79. The van der Waals surface area contributed by atoms with Crippen molar-refractivity contribution in [3.05, 3.63) is 72.6 Å². The van der Waals surface area contributed by atoms with E-state index in [0.717, 1.165) is 30.3 Å². The summed E-state index contributed by atoms with van der Waals surface area (Å²) >= 11 is 0. The van der Waals surface area contributed by atoms with Crippen LogP contribution in [0, 0.1) is 0 Å². The first-order chi connectivity index (χ1) is 11.3. The van der Waals surface area contributed by atoms with E-state index in [1.165, 1.54) is 11.3 Å². The zero-order valence-corrected chi connectivity index (χ0v) is 13.1. The molecule has 1 aliphatic heterocycles. The summed E-state index contributed by atoms with van der Waals surface area (Å²) in [7, 11) is 2.03. The third-order valence-electron chi connectivity index (χ3n) is 4.29. The van der Waals surface area contributed by atoms with Gasteiger partial charge in [-0.3, -0.25) is 0 Å². The number of anilines is 4. The Kier molecular flexibility index (Phi) is 3.42. The van der Waals surface area contributed by atoms with Crippen LogP contribution in [0.1, 0.15) is 5.56 Å². The standard InChI is InChI=1S/C19H18N4/c1-22(16-8-3-2-4-9-16)18-13-19(21-14-20-18)23-12-11-15-7-5-6-10-17(15)23/h2-10,13-14H,11-12H2,1H3. The minimum absolute atomic E-state index is 0.894. The molecule has 4 heteroatoms. The Hall–Kier alpha value is -2.88. The van der Waals surface area contributed by atoms with Gasteiger partial charge in [-0.2, -0.15) is 0 Å². The molecule has 0 unspecified atom stereocenters. The minimum atomic E-state index is 0.894. The second kappa shape index (κ2) is 5.72. The predicted octanol–water partition coefficient (Wildman–Crippen LogP) is 3.94. The summed E-state index contributed by atoms with van der Waals surface area (Å²) in [5.41, 5.74) is 3.74. The molecule has 0 aliphatic carbocycles. The highest BCUT2D eigenvalue weighted by Crippen LogP contribution is 2.34. The SMILES string of the molecule is CN(c1ccccc1)c1cc(N2CCc3ccccc32)ncn1. The minimum Gasteiger partial charge on any atom is -0.329 e. The molecule has 4 rings (SSSR count). The Morgan fingerprint density at radius 3 is 2.61 bits per heavy atom. The molecule has 114 valence electrons. The van der Waals surface area contributed by atoms with Crippen LogP contribution in [0.15, 0.2) is 67.0 Å². The molecule has 1 aliphatic rings. The van der Waals surface area contributed by atoms with E-state index in [0.29, 0.717) is 0 Å². The number of hydrogen-bond acceptors (Lipinski definition) is 4. The number of rotatable bonds is 3. The Labute approximate surface area is 136 Å². The van der Waals surface area contributed by atoms with Gasteiger partial charge >= 0.3 is 0 Å². The Balaban J connectivity index is 1.68. The lowest BCUT2D eigenvalue weighted by Crippen LogP contribution is -2.17. The number of aromatic nitrogens is 2. The molecule has 1 aromatic heterocycles. The quantitative estimate of drug-likeness (QED) is 0.733. The Bertz CT molecular complexity index is 816. The molecule has 0 saturated carbocycles. The van der Waals surface area contributed by atoms with Crippen molar-refractivity contribution in [2.45, 2.75) is 6.42 Å². The molecule has 0 saturated heterocycles. The van der Waals surface area contributed by atoms with Crippen LogP contribution < -0.4 is 9.80 Å². The van der Waals surface area contributed by atoms with Crippen LogP contribution in [0.5, 0.6) is 0 Å². The third-order valence-corrected chi connectivity index (χ3v) is 4.29. The Morgan fingerprint density at radius 1 is 0.957 bits per heavy atom. The summed E-state index contributed by atoms with van der Waals surface area (Å²) in [6.45, 7) is 0.963. The van der Waals surface area contributed by atoms with E-state index in [1.807, 2.05) is 25.2 Å². The van der Waals surface area contributed by atoms with Gasteiger partial charge in [0, 0.05) is 31.0 Å². The lowest BCUT2D eigenvalue weighted by Gasteiger charge is -2.22. The molecular weight excluding hydrogens is 284 g/mol. The summed E-state index contributed by atoms with van der Waals surface area (Å²) < 4.78 is 0. The van der Waals surface area contributed by atoms with Gasteiger partial charge in [0.2, 0.25) is 0 Å². The van der Waals surface area contributed by atoms with Crippen LogP contribution in [-0.2, 0) is 6.42 Å². The van der Waals surface area contributed by atoms with Gasteiger partial charge in [0.25, 0.3) is 0 Å². The van der Waals surface area contributed by atoms with Gasteiger partial charge in [-0.25, -0.2) is 9.97 Å². The van der Waals surface area contributed by atoms with Gasteiger partial charge in [-0.15, -0.1) is 0 Å². The molecule has 0 amide bonds. The molecule has 0 radical (unpaired) electrons. The number of nitrogens with zero attached hydrogens (tertiary/aromatic N) is 4. The van der Waals surface area contributed by atoms with Crippen molar-refractivity contribution >= 4 is 23.0 Å². The monoisotopic (exact) mass is 302 g/mol. The van der Waals surface area contributed by atoms with Gasteiger partial charge < -0.3 is 9.80 Å². The highest BCUT2D eigenvalue weighted by Gasteiger charge is 2.21. The number of para-hydroxylation sites is 2. The maximum atomic E-state index is 4.48. The highest BCUT2D eigenvalue weighted by molar-refractivity contribution is 5.70. The highest BCUT2D eigenvalue weighted by atomic mass is 15.2. The van der Waals surface area contributed by atoms with Crippen LogP contribution in [0.2, 0.25) is 0 Å². The van der Waals surface area contributed by atoms with Crippen LogP contribution in [0.25, 0.3) is 0 Å². The molecule has 4 nitrogen and oxygen atoms in total. The van der Waals surface area contributed by atoms with Crippen molar-refractivity contribution in [1.29, 1.82) is 0 Å². The third kappa shape index (κ3) is 2.52. The first-order valence-corrected chi connectivity index (χ1v) is 7.79. The largest absolute Gasteiger partial charge is 0.329 e. The predicted molar refractivity (Wildman–Crippen MR) is 93.7 cm³/mol. The lowest BCUT2D eigenvalue weighted by atomic mass is 10.2. The van der Waals surface area contributed by atoms with Crippen LogP contribution in [0.3, 0.4) is 0 Å². The van der Waals surface area contributed by atoms with Crippen LogP contribution in [0.4, 0.5) is 23.0 Å². The van der Waals surface area contributed by atoms with E-state index < -0.39 is 0 Å². The van der Waals surface area contributed by atoms with E-state index in [1.54, 1.807) is 6.33 Å². The topological polar surface area (TPSA) is 32.3 Å². The van der Waals surface area contributed by atoms with Crippen molar-refractivity contribution in [2.24, 2.45) is 0 Å². The van der Waals surface area contributed by atoms with Crippen LogP contribution in [-0.4, -0.2) is 23.6 Å². The van der Waals surface area contributed by atoms with Crippen molar-refractivity contribution in [3.8, 4) is 0 Å². The van der Waals surface area contributed by atoms with E-state index in [4.69, 9.17) is 0 Å². The van der Waals surface area contributed by atoms with E-state index in [2.05, 4.69) is 62.2 Å². The average Bonchev–Trinajstić information content (AvgIpc) is 3.06. The molecule has 3 aromatic rings. The molecule has 2 heterocycles.